The zero-order chi connectivity index (χ0) is 19.8. The van der Waals surface area contributed by atoms with E-state index >= 15 is 0 Å². The third-order valence-electron chi connectivity index (χ3n) is 5.67. The fourth-order valence-electron chi connectivity index (χ4n) is 4.09. The minimum Gasteiger partial charge on any atom is -0.338 e. The monoisotopic (exact) mass is 403 g/mol. The highest BCUT2D eigenvalue weighted by Gasteiger charge is 2.16. The lowest BCUT2D eigenvalue weighted by molar-refractivity contribution is 0.334. The van der Waals surface area contributed by atoms with Crippen molar-refractivity contribution in [3.05, 3.63) is 65.1 Å². The van der Waals surface area contributed by atoms with E-state index < -0.39 is 0 Å². The van der Waals surface area contributed by atoms with Crippen LogP contribution in [0.5, 0.6) is 0 Å². The second kappa shape index (κ2) is 7.61. The van der Waals surface area contributed by atoms with Crippen molar-refractivity contribution in [2.75, 3.05) is 18.4 Å². The zero-order valence-electron chi connectivity index (χ0n) is 16.9. The number of para-hydroxylation sites is 1. The van der Waals surface area contributed by atoms with E-state index in [4.69, 9.17) is 4.98 Å². The van der Waals surface area contributed by atoms with Crippen molar-refractivity contribution in [1.29, 1.82) is 0 Å². The summed E-state index contributed by atoms with van der Waals surface area (Å²) in [6.45, 7) is 7.73. The highest BCUT2D eigenvalue weighted by molar-refractivity contribution is 7.15. The summed E-state index contributed by atoms with van der Waals surface area (Å²) in [5.41, 5.74) is 5.60. The van der Waals surface area contributed by atoms with Crippen molar-refractivity contribution in [3.63, 3.8) is 0 Å². The normalized spacial score (nSPS) is 14.7. The van der Waals surface area contributed by atoms with E-state index in [1.165, 1.54) is 46.8 Å². The number of nitrogens with one attached hydrogen (secondary N) is 1. The van der Waals surface area contributed by atoms with Crippen LogP contribution in [0.3, 0.4) is 0 Å². The summed E-state index contributed by atoms with van der Waals surface area (Å²) >= 11 is 1.86. The predicted molar refractivity (Wildman–Crippen MR) is 120 cm³/mol. The Kier molecular flexibility index (Phi) is 4.81. The lowest BCUT2D eigenvalue weighted by Crippen LogP contribution is -2.17. The molecule has 6 heteroatoms. The van der Waals surface area contributed by atoms with Crippen molar-refractivity contribution >= 4 is 28.4 Å². The molecule has 29 heavy (non-hydrogen) atoms. The minimum absolute atomic E-state index is 0.831. The number of hydrogen-bond donors (Lipinski definition) is 1. The van der Waals surface area contributed by atoms with E-state index in [-0.39, 0.29) is 0 Å². The van der Waals surface area contributed by atoms with Gasteiger partial charge in [-0.15, -0.1) is 11.3 Å². The average molecular weight is 404 g/mol. The number of rotatable bonds is 5. The molecule has 4 heterocycles. The molecule has 0 aliphatic carbocycles. The minimum atomic E-state index is 0.831. The number of aryl methyl sites for hydroxylation is 2. The van der Waals surface area contributed by atoms with Gasteiger partial charge >= 0.3 is 0 Å². The van der Waals surface area contributed by atoms with Crippen LogP contribution in [0.2, 0.25) is 0 Å². The van der Waals surface area contributed by atoms with Gasteiger partial charge in [-0.05, 0) is 63.0 Å². The summed E-state index contributed by atoms with van der Waals surface area (Å²) in [5.74, 6) is 0.831. The van der Waals surface area contributed by atoms with Gasteiger partial charge in [0.1, 0.15) is 5.52 Å². The second-order valence-corrected chi connectivity index (χ2v) is 8.95. The first-order valence-corrected chi connectivity index (χ1v) is 11.0. The molecule has 0 saturated carbocycles. The summed E-state index contributed by atoms with van der Waals surface area (Å²) < 4.78 is 2.13. The molecule has 5 nitrogen and oxygen atoms in total. The molecule has 1 fully saturated rings. The van der Waals surface area contributed by atoms with Gasteiger partial charge in [-0.25, -0.2) is 9.97 Å². The van der Waals surface area contributed by atoms with Crippen molar-refractivity contribution in [1.82, 2.24) is 19.3 Å². The van der Waals surface area contributed by atoms with Crippen LogP contribution >= 0.6 is 11.3 Å². The van der Waals surface area contributed by atoms with Crippen LogP contribution in [-0.4, -0.2) is 32.4 Å². The van der Waals surface area contributed by atoms with Gasteiger partial charge in [0.25, 0.3) is 0 Å². The number of imidazole rings is 1. The molecule has 5 rings (SSSR count). The fraction of sp³-hybridized carbons (Fsp3) is 0.304. The summed E-state index contributed by atoms with van der Waals surface area (Å²) in [6.07, 6.45) is 8.36. The van der Waals surface area contributed by atoms with Gasteiger partial charge in [-0.2, -0.15) is 0 Å². The van der Waals surface area contributed by atoms with Gasteiger partial charge < -0.3 is 5.32 Å². The molecule has 3 aromatic heterocycles. The molecule has 1 aliphatic rings. The van der Waals surface area contributed by atoms with Crippen LogP contribution in [0, 0.1) is 13.8 Å². The summed E-state index contributed by atoms with van der Waals surface area (Å²) in [7, 11) is 0. The lowest BCUT2D eigenvalue weighted by atomic mass is 10.1. The van der Waals surface area contributed by atoms with Crippen LogP contribution in [0.15, 0.2) is 49.1 Å². The molecular formula is C23H25N5S. The Morgan fingerprint density at radius 2 is 1.83 bits per heavy atom. The quantitative estimate of drug-likeness (QED) is 0.484. The number of nitrogens with zero attached hydrogens (tertiary/aromatic N) is 4. The third-order valence-corrected chi connectivity index (χ3v) is 6.77. The van der Waals surface area contributed by atoms with Crippen molar-refractivity contribution < 1.29 is 0 Å². The Morgan fingerprint density at radius 3 is 2.62 bits per heavy atom. The van der Waals surface area contributed by atoms with E-state index in [0.29, 0.717) is 0 Å². The van der Waals surface area contributed by atoms with E-state index in [0.717, 1.165) is 29.3 Å². The smallest absolute Gasteiger partial charge is 0.156 e. The Labute approximate surface area is 175 Å². The molecule has 0 radical (unpaired) electrons. The van der Waals surface area contributed by atoms with Crippen LogP contribution in [0.1, 0.15) is 28.8 Å². The molecule has 148 valence electrons. The SMILES string of the molecule is Cc1cccc(C)c1Nc1ncc(-c2ccc(CN3CCCC3)s2)n2cncc12. The fourth-order valence-corrected chi connectivity index (χ4v) is 5.14. The zero-order valence-corrected chi connectivity index (χ0v) is 17.7. The van der Waals surface area contributed by atoms with Gasteiger partial charge in [0.05, 0.1) is 29.3 Å². The molecule has 0 bridgehead atoms. The molecule has 0 atom stereocenters. The van der Waals surface area contributed by atoms with Gasteiger partial charge in [0, 0.05) is 17.1 Å². The van der Waals surface area contributed by atoms with Crippen molar-refractivity contribution in [2.45, 2.75) is 33.2 Å². The van der Waals surface area contributed by atoms with Gasteiger partial charge in [0.15, 0.2) is 5.82 Å². The standard InChI is InChI=1S/C23H25N5S/c1-16-6-5-7-17(2)22(16)26-23-20-12-24-15-28(20)19(13-25-23)21-9-8-18(29-21)14-27-10-3-4-11-27/h5-9,12-13,15H,3-4,10-11,14H2,1-2H3,(H,25,26). The highest BCUT2D eigenvalue weighted by atomic mass is 32.1. The predicted octanol–water partition coefficient (Wildman–Crippen LogP) is 5.41. The van der Waals surface area contributed by atoms with Crippen LogP contribution in [-0.2, 0) is 6.54 Å². The Hall–Kier alpha value is -2.70. The maximum atomic E-state index is 4.77. The average Bonchev–Trinajstić information content (AvgIpc) is 3.47. The maximum absolute atomic E-state index is 4.77. The number of fused-ring (bicyclic) bond motifs is 1. The Balaban J connectivity index is 1.47. The van der Waals surface area contributed by atoms with Gasteiger partial charge in [0.2, 0.25) is 0 Å². The number of thiophene rings is 1. The largest absolute Gasteiger partial charge is 0.338 e. The van der Waals surface area contributed by atoms with E-state index in [1.807, 2.05) is 30.1 Å². The molecule has 1 aliphatic heterocycles. The number of anilines is 2. The first-order chi connectivity index (χ1) is 14.2. The summed E-state index contributed by atoms with van der Waals surface area (Å²) in [5, 5.41) is 3.53. The number of likely N-dealkylation sites (tertiary alicyclic amines) is 1. The highest BCUT2D eigenvalue weighted by Crippen LogP contribution is 2.32. The van der Waals surface area contributed by atoms with Crippen LogP contribution in [0.25, 0.3) is 16.1 Å². The molecule has 0 unspecified atom stereocenters. The van der Waals surface area contributed by atoms with Gasteiger partial charge in [-0.1, -0.05) is 18.2 Å². The number of benzene rings is 1. The molecule has 1 aromatic carbocycles. The van der Waals surface area contributed by atoms with Crippen molar-refractivity contribution in [2.24, 2.45) is 0 Å². The Bertz CT molecular complexity index is 1130. The maximum Gasteiger partial charge on any atom is 0.156 e. The van der Waals surface area contributed by atoms with E-state index in [1.54, 1.807) is 0 Å². The number of hydrogen-bond acceptors (Lipinski definition) is 5. The Morgan fingerprint density at radius 1 is 1.03 bits per heavy atom. The van der Waals surface area contributed by atoms with Crippen LogP contribution in [0.4, 0.5) is 11.5 Å². The van der Waals surface area contributed by atoms with Crippen molar-refractivity contribution in [3.8, 4) is 10.6 Å². The summed E-state index contributed by atoms with van der Waals surface area (Å²) in [4.78, 5) is 14.4. The molecule has 0 amide bonds. The molecule has 1 N–H and O–H groups in total. The molecular weight excluding hydrogens is 378 g/mol. The van der Waals surface area contributed by atoms with E-state index in [9.17, 15) is 0 Å². The van der Waals surface area contributed by atoms with Gasteiger partial charge in [-0.3, -0.25) is 9.30 Å². The first kappa shape index (κ1) is 18.3. The molecule has 1 saturated heterocycles. The van der Waals surface area contributed by atoms with Crippen LogP contribution < -0.4 is 5.32 Å². The first-order valence-electron chi connectivity index (χ1n) is 10.1. The second-order valence-electron chi connectivity index (χ2n) is 7.78. The molecule has 4 aromatic rings. The number of aromatic nitrogens is 3. The summed E-state index contributed by atoms with van der Waals surface area (Å²) in [6, 6.07) is 10.8. The van der Waals surface area contributed by atoms with E-state index in [2.05, 4.69) is 63.8 Å². The molecule has 0 spiro atoms. The third kappa shape index (κ3) is 3.54. The lowest BCUT2D eigenvalue weighted by Gasteiger charge is -2.14. The topological polar surface area (TPSA) is 45.5 Å².